The van der Waals surface area contributed by atoms with Crippen LogP contribution in [0.4, 0.5) is 0 Å². The zero-order chi connectivity index (χ0) is 16.4. The molecule has 4 nitrogen and oxygen atoms in total. The minimum absolute atomic E-state index is 0.0720. The molecule has 2 aromatic carbocycles. The number of para-hydroxylation sites is 1. The molecule has 0 unspecified atom stereocenters. The summed E-state index contributed by atoms with van der Waals surface area (Å²) >= 11 is 1.68. The summed E-state index contributed by atoms with van der Waals surface area (Å²) in [5.74, 6) is 0.787. The third-order valence-electron chi connectivity index (χ3n) is 4.22. The van der Waals surface area contributed by atoms with E-state index in [9.17, 15) is 4.79 Å². The molecule has 24 heavy (non-hydrogen) atoms. The lowest BCUT2D eigenvalue weighted by Gasteiger charge is -2.15. The molecule has 3 aromatic rings. The van der Waals surface area contributed by atoms with Gasteiger partial charge in [-0.15, -0.1) is 11.3 Å². The van der Waals surface area contributed by atoms with Crippen LogP contribution in [0.25, 0.3) is 20.8 Å². The normalized spacial score (nSPS) is 14.2. The number of nitrogens with zero attached hydrogens (tertiary/aromatic N) is 2. The Labute approximate surface area is 144 Å². The van der Waals surface area contributed by atoms with E-state index < -0.39 is 0 Å². The Balaban J connectivity index is 1.43. The molecule has 2 heterocycles. The highest BCUT2D eigenvalue weighted by molar-refractivity contribution is 7.21. The molecule has 122 valence electrons. The fourth-order valence-electron chi connectivity index (χ4n) is 2.89. The van der Waals surface area contributed by atoms with Gasteiger partial charge in [-0.25, -0.2) is 4.98 Å². The van der Waals surface area contributed by atoms with Crippen molar-refractivity contribution in [2.45, 2.75) is 12.8 Å². The average Bonchev–Trinajstić information content (AvgIpc) is 3.29. The second kappa shape index (κ2) is 6.61. The van der Waals surface area contributed by atoms with E-state index in [1.165, 1.54) is 4.70 Å². The Morgan fingerprint density at radius 3 is 2.58 bits per heavy atom. The lowest BCUT2D eigenvalue weighted by atomic mass is 10.2. The Bertz CT molecular complexity index is 818. The van der Waals surface area contributed by atoms with Crippen molar-refractivity contribution < 1.29 is 9.53 Å². The van der Waals surface area contributed by atoms with Crippen LogP contribution in [0.5, 0.6) is 5.75 Å². The monoisotopic (exact) mass is 338 g/mol. The number of rotatable bonds is 4. The molecule has 1 aliphatic rings. The van der Waals surface area contributed by atoms with Crippen molar-refractivity contribution in [3.8, 4) is 16.3 Å². The van der Waals surface area contributed by atoms with Crippen molar-refractivity contribution >= 4 is 27.5 Å². The number of thiazole rings is 1. The van der Waals surface area contributed by atoms with Crippen molar-refractivity contribution in [2.24, 2.45) is 0 Å². The van der Waals surface area contributed by atoms with Crippen molar-refractivity contribution in [1.82, 2.24) is 9.88 Å². The number of ether oxygens (including phenoxy) is 1. The summed E-state index contributed by atoms with van der Waals surface area (Å²) in [6, 6.07) is 15.9. The van der Waals surface area contributed by atoms with Crippen LogP contribution in [-0.4, -0.2) is 35.5 Å². The van der Waals surface area contributed by atoms with Gasteiger partial charge in [0.05, 0.1) is 10.2 Å². The highest BCUT2D eigenvalue weighted by Gasteiger charge is 2.18. The van der Waals surface area contributed by atoms with Gasteiger partial charge in [-0.2, -0.15) is 0 Å². The molecule has 1 saturated heterocycles. The average molecular weight is 338 g/mol. The van der Waals surface area contributed by atoms with Crippen LogP contribution in [0.15, 0.2) is 48.5 Å². The van der Waals surface area contributed by atoms with Crippen molar-refractivity contribution in [3.05, 3.63) is 48.5 Å². The van der Waals surface area contributed by atoms with Gasteiger partial charge in [0.1, 0.15) is 10.8 Å². The van der Waals surface area contributed by atoms with E-state index in [1.54, 1.807) is 11.3 Å². The fraction of sp³-hybridized carbons (Fsp3) is 0.263. The molecule has 0 aliphatic carbocycles. The summed E-state index contributed by atoms with van der Waals surface area (Å²) in [6.45, 7) is 1.83. The van der Waals surface area contributed by atoms with E-state index in [0.717, 1.165) is 42.0 Å². The van der Waals surface area contributed by atoms with E-state index >= 15 is 0 Å². The van der Waals surface area contributed by atoms with Gasteiger partial charge < -0.3 is 9.64 Å². The Morgan fingerprint density at radius 1 is 1.08 bits per heavy atom. The number of carbonyl (C=O) groups excluding carboxylic acids is 1. The van der Waals surface area contributed by atoms with Gasteiger partial charge in [0.25, 0.3) is 5.91 Å². The minimum Gasteiger partial charge on any atom is -0.484 e. The number of hydrogen-bond donors (Lipinski definition) is 0. The molecule has 0 spiro atoms. The maximum atomic E-state index is 12.0. The summed E-state index contributed by atoms with van der Waals surface area (Å²) in [5.41, 5.74) is 2.09. The standard InChI is InChI=1S/C19H18N2O2S/c22-18(21-11-3-4-12-21)13-23-15-9-7-14(8-10-15)19-20-16-5-1-2-6-17(16)24-19/h1-2,5-10H,3-4,11-13H2. The van der Waals surface area contributed by atoms with Crippen LogP contribution < -0.4 is 4.74 Å². The lowest BCUT2D eigenvalue weighted by Crippen LogP contribution is -2.32. The zero-order valence-corrected chi connectivity index (χ0v) is 14.1. The van der Waals surface area contributed by atoms with Gasteiger partial charge in [0.2, 0.25) is 0 Å². The van der Waals surface area contributed by atoms with Gasteiger partial charge in [0, 0.05) is 18.7 Å². The number of likely N-dealkylation sites (tertiary alicyclic amines) is 1. The maximum absolute atomic E-state index is 12.0. The van der Waals surface area contributed by atoms with Crippen LogP contribution in [0.2, 0.25) is 0 Å². The van der Waals surface area contributed by atoms with Crippen LogP contribution in [0, 0.1) is 0 Å². The molecule has 0 N–H and O–H groups in total. The number of fused-ring (bicyclic) bond motifs is 1. The molecule has 1 aliphatic heterocycles. The molecular formula is C19H18N2O2S. The van der Waals surface area contributed by atoms with Crippen molar-refractivity contribution in [3.63, 3.8) is 0 Å². The third kappa shape index (κ3) is 3.12. The molecule has 1 amide bonds. The Morgan fingerprint density at radius 2 is 1.83 bits per heavy atom. The van der Waals surface area contributed by atoms with Crippen molar-refractivity contribution in [1.29, 1.82) is 0 Å². The van der Waals surface area contributed by atoms with Gasteiger partial charge in [0.15, 0.2) is 6.61 Å². The number of hydrogen-bond acceptors (Lipinski definition) is 4. The van der Waals surface area contributed by atoms with E-state index in [4.69, 9.17) is 4.74 Å². The van der Waals surface area contributed by atoms with E-state index in [2.05, 4.69) is 11.1 Å². The summed E-state index contributed by atoms with van der Waals surface area (Å²) in [4.78, 5) is 18.5. The number of aromatic nitrogens is 1. The van der Waals surface area contributed by atoms with E-state index in [1.807, 2.05) is 47.4 Å². The lowest BCUT2D eigenvalue weighted by molar-refractivity contribution is -0.132. The van der Waals surface area contributed by atoms with Crippen LogP contribution >= 0.6 is 11.3 Å². The Kier molecular flexibility index (Phi) is 4.17. The van der Waals surface area contributed by atoms with Gasteiger partial charge in [-0.3, -0.25) is 4.79 Å². The topological polar surface area (TPSA) is 42.4 Å². The van der Waals surface area contributed by atoms with Crippen LogP contribution in [-0.2, 0) is 4.79 Å². The zero-order valence-electron chi connectivity index (χ0n) is 13.3. The number of carbonyl (C=O) groups is 1. The molecular weight excluding hydrogens is 320 g/mol. The Hall–Kier alpha value is -2.40. The predicted octanol–water partition coefficient (Wildman–Crippen LogP) is 3.96. The molecule has 5 heteroatoms. The molecule has 1 aromatic heterocycles. The van der Waals surface area contributed by atoms with Crippen molar-refractivity contribution in [2.75, 3.05) is 19.7 Å². The number of benzene rings is 2. The summed E-state index contributed by atoms with van der Waals surface area (Å²) in [6.07, 6.45) is 2.20. The SMILES string of the molecule is O=C(COc1ccc(-c2nc3ccccc3s2)cc1)N1CCCC1. The van der Waals surface area contributed by atoms with E-state index in [-0.39, 0.29) is 12.5 Å². The van der Waals surface area contributed by atoms with Crippen LogP contribution in [0.3, 0.4) is 0 Å². The molecule has 0 radical (unpaired) electrons. The first kappa shape index (κ1) is 15.1. The minimum atomic E-state index is 0.0720. The maximum Gasteiger partial charge on any atom is 0.260 e. The molecule has 4 rings (SSSR count). The number of amides is 1. The highest BCUT2D eigenvalue weighted by atomic mass is 32.1. The highest BCUT2D eigenvalue weighted by Crippen LogP contribution is 2.30. The quantitative estimate of drug-likeness (QED) is 0.723. The van der Waals surface area contributed by atoms with Crippen LogP contribution in [0.1, 0.15) is 12.8 Å². The fourth-order valence-corrected chi connectivity index (χ4v) is 3.86. The molecule has 0 bridgehead atoms. The van der Waals surface area contributed by atoms with Gasteiger partial charge in [-0.1, -0.05) is 12.1 Å². The first-order valence-electron chi connectivity index (χ1n) is 8.16. The largest absolute Gasteiger partial charge is 0.484 e. The van der Waals surface area contributed by atoms with Gasteiger partial charge in [-0.05, 0) is 49.2 Å². The summed E-state index contributed by atoms with van der Waals surface area (Å²) < 4.78 is 6.81. The summed E-state index contributed by atoms with van der Waals surface area (Å²) in [5, 5.41) is 0.996. The third-order valence-corrected chi connectivity index (χ3v) is 5.30. The molecule has 1 fully saturated rings. The van der Waals surface area contributed by atoms with E-state index in [0.29, 0.717) is 5.75 Å². The predicted molar refractivity (Wildman–Crippen MR) is 96.4 cm³/mol. The summed E-state index contributed by atoms with van der Waals surface area (Å²) in [7, 11) is 0. The second-order valence-corrected chi connectivity index (χ2v) is 6.92. The second-order valence-electron chi connectivity index (χ2n) is 5.89. The smallest absolute Gasteiger partial charge is 0.260 e. The molecule has 0 saturated carbocycles. The van der Waals surface area contributed by atoms with Gasteiger partial charge >= 0.3 is 0 Å². The molecule has 0 atom stereocenters. The first-order valence-corrected chi connectivity index (χ1v) is 8.98. The first-order chi connectivity index (χ1) is 11.8.